The SMILES string of the molecule is Cc1ccc(C#CCO)c(C(=O)NCc2cnc[nH]2)c1. The first-order valence-corrected chi connectivity index (χ1v) is 6.16. The number of aromatic amines is 1. The molecule has 102 valence electrons. The van der Waals surface area contributed by atoms with Crippen molar-refractivity contribution in [2.24, 2.45) is 0 Å². The predicted molar refractivity (Wildman–Crippen MR) is 74.9 cm³/mol. The van der Waals surface area contributed by atoms with Crippen molar-refractivity contribution in [3.63, 3.8) is 0 Å². The Hall–Kier alpha value is -2.58. The number of nitrogens with zero attached hydrogens (tertiary/aromatic N) is 1. The Bertz CT molecular complexity index is 651. The van der Waals surface area contributed by atoms with Crippen LogP contribution in [0.5, 0.6) is 0 Å². The lowest BCUT2D eigenvalue weighted by Gasteiger charge is -2.07. The number of H-pyrrole nitrogens is 1. The van der Waals surface area contributed by atoms with E-state index >= 15 is 0 Å². The summed E-state index contributed by atoms with van der Waals surface area (Å²) in [6.07, 6.45) is 3.22. The van der Waals surface area contributed by atoms with E-state index in [9.17, 15) is 4.79 Å². The highest BCUT2D eigenvalue weighted by Gasteiger charge is 2.10. The van der Waals surface area contributed by atoms with Crippen LogP contribution in [0.2, 0.25) is 0 Å². The van der Waals surface area contributed by atoms with Crippen molar-refractivity contribution in [1.82, 2.24) is 15.3 Å². The van der Waals surface area contributed by atoms with Crippen LogP contribution < -0.4 is 5.32 Å². The molecule has 3 N–H and O–H groups in total. The first kappa shape index (κ1) is 13.8. The summed E-state index contributed by atoms with van der Waals surface area (Å²) >= 11 is 0. The summed E-state index contributed by atoms with van der Waals surface area (Å²) in [4.78, 5) is 19.0. The molecule has 0 fully saturated rings. The van der Waals surface area contributed by atoms with Crippen molar-refractivity contribution in [2.75, 3.05) is 6.61 Å². The number of rotatable bonds is 3. The van der Waals surface area contributed by atoms with Crippen molar-refractivity contribution >= 4 is 5.91 Å². The second-order valence-corrected chi connectivity index (χ2v) is 4.27. The van der Waals surface area contributed by atoms with Gasteiger partial charge in [-0.1, -0.05) is 23.5 Å². The number of hydrogen-bond donors (Lipinski definition) is 3. The summed E-state index contributed by atoms with van der Waals surface area (Å²) in [6, 6.07) is 5.44. The minimum Gasteiger partial charge on any atom is -0.384 e. The molecule has 0 saturated carbocycles. The zero-order valence-corrected chi connectivity index (χ0v) is 11.1. The average molecular weight is 269 g/mol. The number of hydrogen-bond acceptors (Lipinski definition) is 3. The highest BCUT2D eigenvalue weighted by molar-refractivity contribution is 5.96. The number of amides is 1. The molecule has 0 unspecified atom stereocenters. The molecule has 1 aromatic heterocycles. The van der Waals surface area contributed by atoms with Crippen LogP contribution in [0.4, 0.5) is 0 Å². The highest BCUT2D eigenvalue weighted by atomic mass is 16.2. The van der Waals surface area contributed by atoms with E-state index in [2.05, 4.69) is 27.1 Å². The van der Waals surface area contributed by atoms with E-state index in [0.29, 0.717) is 17.7 Å². The molecule has 0 bridgehead atoms. The van der Waals surface area contributed by atoms with Gasteiger partial charge in [0.2, 0.25) is 0 Å². The topological polar surface area (TPSA) is 78.0 Å². The normalized spacial score (nSPS) is 9.70. The third-order valence-electron chi connectivity index (χ3n) is 2.72. The number of aliphatic hydroxyl groups excluding tert-OH is 1. The summed E-state index contributed by atoms with van der Waals surface area (Å²) in [7, 11) is 0. The van der Waals surface area contributed by atoms with Crippen LogP contribution in [0.15, 0.2) is 30.7 Å². The van der Waals surface area contributed by atoms with Gasteiger partial charge in [-0.2, -0.15) is 0 Å². The molecular weight excluding hydrogens is 254 g/mol. The molecule has 1 heterocycles. The number of carbonyl (C=O) groups excluding carboxylic acids is 1. The van der Waals surface area contributed by atoms with Gasteiger partial charge in [0.15, 0.2) is 0 Å². The molecule has 20 heavy (non-hydrogen) atoms. The fourth-order valence-corrected chi connectivity index (χ4v) is 1.74. The molecule has 0 aliphatic heterocycles. The van der Waals surface area contributed by atoms with Crippen LogP contribution in [0.25, 0.3) is 0 Å². The van der Waals surface area contributed by atoms with E-state index in [4.69, 9.17) is 5.11 Å². The molecule has 0 aliphatic rings. The summed E-state index contributed by atoms with van der Waals surface area (Å²) in [5.41, 5.74) is 2.91. The van der Waals surface area contributed by atoms with Gasteiger partial charge >= 0.3 is 0 Å². The molecule has 1 amide bonds. The number of aliphatic hydroxyl groups is 1. The minimum atomic E-state index is -0.233. The average Bonchev–Trinajstić information content (AvgIpc) is 2.96. The second kappa shape index (κ2) is 6.55. The first-order valence-electron chi connectivity index (χ1n) is 6.16. The lowest BCUT2D eigenvalue weighted by Crippen LogP contribution is -2.24. The lowest BCUT2D eigenvalue weighted by atomic mass is 10.0. The van der Waals surface area contributed by atoms with E-state index < -0.39 is 0 Å². The number of benzene rings is 1. The van der Waals surface area contributed by atoms with Crippen molar-refractivity contribution in [3.05, 3.63) is 53.1 Å². The van der Waals surface area contributed by atoms with Gasteiger partial charge < -0.3 is 15.4 Å². The van der Waals surface area contributed by atoms with Gasteiger partial charge in [0.05, 0.1) is 24.1 Å². The molecule has 0 spiro atoms. The van der Waals surface area contributed by atoms with E-state index in [-0.39, 0.29) is 12.5 Å². The molecule has 1 aromatic carbocycles. The molecule has 0 saturated heterocycles. The third-order valence-corrected chi connectivity index (χ3v) is 2.72. The summed E-state index contributed by atoms with van der Waals surface area (Å²) in [5.74, 6) is 5.14. The highest BCUT2D eigenvalue weighted by Crippen LogP contribution is 2.11. The van der Waals surface area contributed by atoms with Crippen LogP contribution in [-0.2, 0) is 6.54 Å². The van der Waals surface area contributed by atoms with Gasteiger partial charge in [-0.15, -0.1) is 0 Å². The van der Waals surface area contributed by atoms with E-state index in [1.807, 2.05) is 13.0 Å². The first-order chi connectivity index (χ1) is 9.70. The Kier molecular flexibility index (Phi) is 4.53. The summed E-state index contributed by atoms with van der Waals surface area (Å²) in [6.45, 7) is 2.05. The third kappa shape index (κ3) is 3.46. The van der Waals surface area contributed by atoms with Gasteiger partial charge in [-0.3, -0.25) is 4.79 Å². The number of imidazole rings is 1. The fourth-order valence-electron chi connectivity index (χ4n) is 1.74. The molecule has 5 nitrogen and oxygen atoms in total. The number of aromatic nitrogens is 2. The molecule has 5 heteroatoms. The molecular formula is C15H15N3O2. The van der Waals surface area contributed by atoms with Crippen LogP contribution in [0.1, 0.15) is 27.2 Å². The molecule has 0 radical (unpaired) electrons. The quantitative estimate of drug-likeness (QED) is 0.727. The largest absolute Gasteiger partial charge is 0.384 e. The van der Waals surface area contributed by atoms with E-state index in [1.165, 1.54) is 0 Å². The molecule has 0 aliphatic carbocycles. The van der Waals surface area contributed by atoms with Gasteiger partial charge in [-0.05, 0) is 19.1 Å². The summed E-state index contributed by atoms with van der Waals surface area (Å²) < 4.78 is 0. The maximum Gasteiger partial charge on any atom is 0.252 e. The van der Waals surface area contributed by atoms with Crippen LogP contribution >= 0.6 is 0 Å². The Morgan fingerprint density at radius 1 is 1.50 bits per heavy atom. The van der Waals surface area contributed by atoms with Gasteiger partial charge in [0.25, 0.3) is 5.91 Å². The molecule has 2 aromatic rings. The maximum atomic E-state index is 12.2. The van der Waals surface area contributed by atoms with Gasteiger partial charge in [-0.25, -0.2) is 4.98 Å². The van der Waals surface area contributed by atoms with Gasteiger partial charge in [0.1, 0.15) is 6.61 Å². The Morgan fingerprint density at radius 3 is 3.05 bits per heavy atom. The number of nitrogens with one attached hydrogen (secondary N) is 2. The molecule has 2 rings (SSSR count). The minimum absolute atomic E-state index is 0.203. The zero-order chi connectivity index (χ0) is 14.4. The Balaban J connectivity index is 2.17. The lowest BCUT2D eigenvalue weighted by molar-refractivity contribution is 0.0950. The van der Waals surface area contributed by atoms with Crippen LogP contribution in [-0.4, -0.2) is 27.6 Å². The zero-order valence-electron chi connectivity index (χ0n) is 11.1. The second-order valence-electron chi connectivity index (χ2n) is 4.27. The molecule has 0 atom stereocenters. The van der Waals surface area contributed by atoms with Crippen molar-refractivity contribution in [2.45, 2.75) is 13.5 Å². The smallest absolute Gasteiger partial charge is 0.252 e. The van der Waals surface area contributed by atoms with Crippen molar-refractivity contribution in [1.29, 1.82) is 0 Å². The van der Waals surface area contributed by atoms with E-state index in [0.717, 1.165) is 11.3 Å². The number of aryl methyl sites for hydroxylation is 1. The number of carbonyl (C=O) groups is 1. The summed E-state index contributed by atoms with van der Waals surface area (Å²) in [5, 5.41) is 11.6. The Labute approximate surface area is 117 Å². The van der Waals surface area contributed by atoms with Gasteiger partial charge in [0, 0.05) is 11.8 Å². The van der Waals surface area contributed by atoms with Crippen LogP contribution in [0, 0.1) is 18.8 Å². The fraction of sp³-hybridized carbons (Fsp3) is 0.200. The standard InChI is InChI=1S/C15H15N3O2/c1-11-4-5-12(3-2-6-19)14(7-11)15(20)17-9-13-8-16-10-18-13/h4-5,7-8,10,19H,6,9H2,1H3,(H,16,18)(H,17,20). The Morgan fingerprint density at radius 2 is 2.35 bits per heavy atom. The van der Waals surface area contributed by atoms with E-state index in [1.54, 1.807) is 24.7 Å². The predicted octanol–water partition coefficient (Wildman–Crippen LogP) is 0.992. The van der Waals surface area contributed by atoms with Crippen molar-refractivity contribution < 1.29 is 9.90 Å². The monoisotopic (exact) mass is 269 g/mol. The maximum absolute atomic E-state index is 12.2. The van der Waals surface area contributed by atoms with Crippen molar-refractivity contribution in [3.8, 4) is 11.8 Å². The van der Waals surface area contributed by atoms with Crippen LogP contribution in [0.3, 0.4) is 0 Å².